The second kappa shape index (κ2) is 11.5. The molecule has 36 heavy (non-hydrogen) atoms. The zero-order chi connectivity index (χ0) is 25.8. The minimum absolute atomic E-state index is 0.0353. The van der Waals surface area contributed by atoms with Gasteiger partial charge in [0.15, 0.2) is 0 Å². The van der Waals surface area contributed by atoms with Gasteiger partial charge in [0.25, 0.3) is 5.91 Å². The second-order valence-corrected chi connectivity index (χ2v) is 10.8. The summed E-state index contributed by atoms with van der Waals surface area (Å²) in [6.45, 7) is 4.37. The fourth-order valence-electron chi connectivity index (χ4n) is 4.99. The minimum Gasteiger partial charge on any atom is -0.487 e. The van der Waals surface area contributed by atoms with E-state index in [-0.39, 0.29) is 54.5 Å². The average Bonchev–Trinajstić information content (AvgIpc) is 3.72. The summed E-state index contributed by atoms with van der Waals surface area (Å²) in [5, 5.41) is 15.9. The highest BCUT2D eigenvalue weighted by Gasteiger charge is 2.35. The first kappa shape index (κ1) is 26.3. The molecule has 1 heterocycles. The molecule has 2 fully saturated rings. The summed E-state index contributed by atoms with van der Waals surface area (Å²) in [5.41, 5.74) is 0.892. The van der Waals surface area contributed by atoms with Gasteiger partial charge in [0, 0.05) is 37.2 Å². The van der Waals surface area contributed by atoms with Gasteiger partial charge in [-0.3, -0.25) is 9.59 Å². The molecule has 0 saturated heterocycles. The maximum absolute atomic E-state index is 13.5. The molecule has 0 radical (unpaired) electrons. The van der Waals surface area contributed by atoms with Gasteiger partial charge in [-0.15, -0.1) is 0 Å². The molecular formula is C27H40N4O5. The number of fused-ring (bicyclic) bond motifs is 1. The van der Waals surface area contributed by atoms with E-state index in [1.807, 2.05) is 13.8 Å². The number of nitrogens with zero attached hydrogens (tertiary/aromatic N) is 2. The van der Waals surface area contributed by atoms with Gasteiger partial charge in [0.2, 0.25) is 5.91 Å². The van der Waals surface area contributed by atoms with E-state index in [9.17, 15) is 19.5 Å². The van der Waals surface area contributed by atoms with Crippen LogP contribution in [-0.4, -0.2) is 77.7 Å². The number of rotatable bonds is 7. The highest BCUT2D eigenvalue weighted by molar-refractivity contribution is 6.00. The summed E-state index contributed by atoms with van der Waals surface area (Å²) in [6, 6.07) is 4.83. The molecule has 2 aliphatic carbocycles. The monoisotopic (exact) mass is 500 g/mol. The van der Waals surface area contributed by atoms with Crippen LogP contribution in [0, 0.1) is 11.8 Å². The van der Waals surface area contributed by atoms with Crippen molar-refractivity contribution >= 4 is 23.5 Å². The van der Waals surface area contributed by atoms with Crippen molar-refractivity contribution in [2.24, 2.45) is 11.8 Å². The Labute approximate surface area is 213 Å². The summed E-state index contributed by atoms with van der Waals surface area (Å²) in [5.74, 6) is 0.0903. The van der Waals surface area contributed by atoms with Gasteiger partial charge in [-0.2, -0.15) is 0 Å². The lowest BCUT2D eigenvalue weighted by atomic mass is 9.96. The molecule has 9 heteroatoms. The van der Waals surface area contributed by atoms with Crippen LogP contribution in [0.25, 0.3) is 0 Å². The molecule has 1 aliphatic heterocycles. The normalized spacial score (nSPS) is 23.6. The van der Waals surface area contributed by atoms with E-state index in [2.05, 4.69) is 10.6 Å². The number of likely N-dealkylation sites (N-methyl/N-ethyl adjacent to an activating group) is 1. The van der Waals surface area contributed by atoms with E-state index >= 15 is 0 Å². The number of benzene rings is 1. The number of amides is 4. The van der Waals surface area contributed by atoms with E-state index in [0.717, 1.165) is 38.5 Å². The molecule has 3 aliphatic rings. The van der Waals surface area contributed by atoms with Crippen molar-refractivity contribution in [3.05, 3.63) is 23.8 Å². The number of carbonyl (C=O) groups is 3. The van der Waals surface area contributed by atoms with Crippen LogP contribution in [0.15, 0.2) is 18.2 Å². The van der Waals surface area contributed by atoms with Gasteiger partial charge in [-0.25, -0.2) is 4.79 Å². The standard InChI is InChI=1S/C27H40N4O5/c1-17-14-31(18(2)16-32)26(34)22-13-21(28-25(33)19-9-10-19)11-12-23(22)36-24(17)15-30(3)27(35)29-20-7-5-4-6-8-20/h11-13,17-20,24,32H,4-10,14-16H2,1-3H3,(H,28,33)(H,29,35)/t17-,18+,24+/m1/s1. The van der Waals surface area contributed by atoms with Crippen molar-refractivity contribution in [1.82, 2.24) is 15.1 Å². The summed E-state index contributed by atoms with van der Waals surface area (Å²) in [7, 11) is 1.77. The average molecular weight is 501 g/mol. The summed E-state index contributed by atoms with van der Waals surface area (Å²) < 4.78 is 6.37. The number of aliphatic hydroxyl groups is 1. The summed E-state index contributed by atoms with van der Waals surface area (Å²) >= 11 is 0. The molecule has 0 spiro atoms. The van der Waals surface area contributed by atoms with Crippen molar-refractivity contribution < 1.29 is 24.2 Å². The largest absolute Gasteiger partial charge is 0.487 e. The molecule has 1 aromatic carbocycles. The van der Waals surface area contributed by atoms with Gasteiger partial charge in [-0.05, 0) is 50.8 Å². The molecule has 0 aromatic heterocycles. The smallest absolute Gasteiger partial charge is 0.317 e. The Balaban J connectivity index is 1.53. The molecule has 0 bridgehead atoms. The molecule has 2 saturated carbocycles. The number of hydrogen-bond acceptors (Lipinski definition) is 5. The first-order chi connectivity index (χ1) is 17.3. The second-order valence-electron chi connectivity index (χ2n) is 10.8. The number of hydrogen-bond donors (Lipinski definition) is 3. The lowest BCUT2D eigenvalue weighted by Crippen LogP contribution is -2.52. The Hall–Kier alpha value is -2.81. The fraction of sp³-hybridized carbons (Fsp3) is 0.667. The molecule has 3 N–H and O–H groups in total. The highest BCUT2D eigenvalue weighted by atomic mass is 16.5. The zero-order valence-electron chi connectivity index (χ0n) is 21.7. The van der Waals surface area contributed by atoms with E-state index < -0.39 is 0 Å². The number of anilines is 1. The Morgan fingerprint density at radius 1 is 1.19 bits per heavy atom. The lowest BCUT2D eigenvalue weighted by Gasteiger charge is -2.38. The van der Waals surface area contributed by atoms with E-state index in [4.69, 9.17) is 4.74 Å². The van der Waals surface area contributed by atoms with Crippen LogP contribution in [0.4, 0.5) is 10.5 Å². The van der Waals surface area contributed by atoms with Crippen LogP contribution < -0.4 is 15.4 Å². The predicted octanol–water partition coefficient (Wildman–Crippen LogP) is 3.23. The topological polar surface area (TPSA) is 111 Å². The quantitative estimate of drug-likeness (QED) is 0.532. The maximum atomic E-state index is 13.5. The van der Waals surface area contributed by atoms with E-state index in [1.165, 1.54) is 6.42 Å². The number of nitrogens with one attached hydrogen (secondary N) is 2. The van der Waals surface area contributed by atoms with Gasteiger partial charge in [-0.1, -0.05) is 26.2 Å². The highest BCUT2D eigenvalue weighted by Crippen LogP contribution is 2.33. The lowest BCUT2D eigenvalue weighted by molar-refractivity contribution is -0.117. The van der Waals surface area contributed by atoms with Crippen LogP contribution in [0.1, 0.15) is 69.2 Å². The molecule has 3 atom stereocenters. The minimum atomic E-state index is -0.386. The number of aliphatic hydroxyl groups excluding tert-OH is 1. The first-order valence-electron chi connectivity index (χ1n) is 13.3. The van der Waals surface area contributed by atoms with E-state index in [0.29, 0.717) is 30.1 Å². The van der Waals surface area contributed by atoms with Crippen LogP contribution in [0.5, 0.6) is 5.75 Å². The molecule has 4 rings (SSSR count). The number of urea groups is 1. The van der Waals surface area contributed by atoms with Gasteiger partial charge >= 0.3 is 6.03 Å². The first-order valence-corrected chi connectivity index (χ1v) is 13.3. The van der Waals surface area contributed by atoms with Crippen molar-refractivity contribution in [3.63, 3.8) is 0 Å². The predicted molar refractivity (Wildman–Crippen MR) is 137 cm³/mol. The van der Waals surface area contributed by atoms with Gasteiger partial charge < -0.3 is 30.3 Å². The SMILES string of the molecule is C[C@@H]1CN([C@@H](C)CO)C(=O)c2cc(NC(=O)C3CC3)ccc2O[C@H]1CN(C)C(=O)NC1CCCCC1. The molecule has 0 unspecified atom stereocenters. The van der Waals surface area contributed by atoms with Crippen molar-refractivity contribution in [3.8, 4) is 5.75 Å². The van der Waals surface area contributed by atoms with Gasteiger partial charge in [0.1, 0.15) is 11.9 Å². The Morgan fingerprint density at radius 2 is 1.92 bits per heavy atom. The maximum Gasteiger partial charge on any atom is 0.317 e. The molecule has 4 amide bonds. The van der Waals surface area contributed by atoms with Crippen LogP contribution in [0.3, 0.4) is 0 Å². The molecule has 9 nitrogen and oxygen atoms in total. The third-order valence-corrected chi connectivity index (χ3v) is 7.61. The van der Waals surface area contributed by atoms with Crippen molar-refractivity contribution in [1.29, 1.82) is 0 Å². The van der Waals surface area contributed by atoms with E-state index in [1.54, 1.807) is 35.0 Å². The molecule has 1 aromatic rings. The van der Waals surface area contributed by atoms with Crippen molar-refractivity contribution in [2.45, 2.75) is 77.0 Å². The van der Waals surface area contributed by atoms with Crippen LogP contribution in [-0.2, 0) is 4.79 Å². The molecule has 198 valence electrons. The zero-order valence-corrected chi connectivity index (χ0v) is 21.7. The van der Waals surface area contributed by atoms with Crippen LogP contribution in [0.2, 0.25) is 0 Å². The third kappa shape index (κ3) is 6.30. The Morgan fingerprint density at radius 3 is 2.58 bits per heavy atom. The van der Waals surface area contributed by atoms with Crippen LogP contribution >= 0.6 is 0 Å². The third-order valence-electron chi connectivity index (χ3n) is 7.61. The summed E-state index contributed by atoms with van der Waals surface area (Å²) in [6.07, 6.45) is 6.96. The summed E-state index contributed by atoms with van der Waals surface area (Å²) in [4.78, 5) is 42.0. The van der Waals surface area contributed by atoms with Gasteiger partial charge in [0.05, 0.1) is 24.8 Å². The van der Waals surface area contributed by atoms with Crippen molar-refractivity contribution in [2.75, 3.05) is 32.1 Å². The molecular weight excluding hydrogens is 460 g/mol. The number of ether oxygens (including phenoxy) is 1. The Kier molecular flexibility index (Phi) is 8.39. The fourth-order valence-corrected chi connectivity index (χ4v) is 4.99. The Bertz CT molecular complexity index is 959. The number of carbonyl (C=O) groups excluding carboxylic acids is 3.